The number of hydrogen-bond donors (Lipinski definition) is 0. The third-order valence-electron chi connectivity index (χ3n) is 0.821. The minimum Gasteiger partial charge on any atom is -0.390 e. The summed E-state index contributed by atoms with van der Waals surface area (Å²) in [6.07, 6.45) is 0. The summed E-state index contributed by atoms with van der Waals surface area (Å²) < 4.78 is 2.36. The molecule has 66 valence electrons. The first-order chi connectivity index (χ1) is 5.41. The van der Waals surface area contributed by atoms with Gasteiger partial charge >= 0.3 is 11.8 Å². The lowest BCUT2D eigenvalue weighted by Gasteiger charge is -1.97. The molecule has 0 saturated carbocycles. The van der Waals surface area contributed by atoms with Gasteiger partial charge in [0, 0.05) is 0 Å². The second kappa shape index (κ2) is 3.04. The van der Waals surface area contributed by atoms with E-state index in [4.69, 9.17) is 34.8 Å². The van der Waals surface area contributed by atoms with Gasteiger partial charge in [0.15, 0.2) is 0 Å². The average Bonchev–Trinajstić information content (AvgIpc) is 2.30. The summed E-state index contributed by atoms with van der Waals surface area (Å²) in [6.45, 7) is 0. The summed E-state index contributed by atoms with van der Waals surface area (Å²) in [4.78, 5) is 12.4. The highest BCUT2D eigenvalue weighted by Crippen LogP contribution is 2.37. The molecule has 1 heterocycles. The molecule has 0 fully saturated rings. The molecule has 0 saturated heterocycles. The molecule has 0 N–H and O–H groups in total. The number of hydrogen-bond acceptors (Lipinski definition) is 5. The van der Waals surface area contributed by atoms with Crippen LogP contribution in [-0.4, -0.2) is 15.1 Å². The third kappa shape index (κ3) is 1.96. The number of aromatic nitrogens is 2. The van der Waals surface area contributed by atoms with Crippen LogP contribution >= 0.6 is 34.8 Å². The smallest absolute Gasteiger partial charge is 0.390 e. The Bertz CT molecular complexity index is 305. The summed E-state index contributed by atoms with van der Waals surface area (Å²) >= 11 is 15.9. The minimum atomic E-state index is -1.93. The predicted molar refractivity (Wildman–Crippen MR) is 40.2 cm³/mol. The fourth-order valence-electron chi connectivity index (χ4n) is 0.405. The summed E-state index contributed by atoms with van der Waals surface area (Å²) in [5.41, 5.74) is 0. The quantitative estimate of drug-likeness (QED) is 0.419. The lowest BCUT2D eigenvalue weighted by molar-refractivity contribution is -0.395. The third-order valence-corrected chi connectivity index (χ3v) is 1.31. The van der Waals surface area contributed by atoms with E-state index in [1.165, 1.54) is 0 Å². The maximum absolute atomic E-state index is 10.0. The Morgan fingerprint density at radius 3 is 2.33 bits per heavy atom. The molecule has 0 spiro atoms. The van der Waals surface area contributed by atoms with E-state index in [0.717, 1.165) is 0 Å². The van der Waals surface area contributed by atoms with E-state index in [1.807, 2.05) is 0 Å². The summed E-state index contributed by atoms with van der Waals surface area (Å²) in [7, 11) is 0. The molecule has 0 unspecified atom stereocenters. The van der Waals surface area contributed by atoms with E-state index >= 15 is 0 Å². The Labute approximate surface area is 80.5 Å². The van der Waals surface area contributed by atoms with Gasteiger partial charge in [0.1, 0.15) is 5.16 Å². The van der Waals surface area contributed by atoms with Crippen molar-refractivity contribution < 1.29 is 9.45 Å². The van der Waals surface area contributed by atoms with Crippen LogP contribution in [0, 0.1) is 10.1 Å². The van der Waals surface area contributed by atoms with Gasteiger partial charge in [-0.2, -0.15) is 0 Å². The van der Waals surface area contributed by atoms with E-state index in [2.05, 4.69) is 14.7 Å². The maximum atomic E-state index is 10.0. The molecule has 0 aromatic carbocycles. The standard InChI is InChI=1S/C3Cl3N3O3/c4-3(5,6)1-7-2(8-12-1)9(10)11. The molecule has 0 amide bonds. The van der Waals surface area contributed by atoms with Crippen molar-refractivity contribution in [1.29, 1.82) is 0 Å². The number of nitro groups is 1. The predicted octanol–water partition coefficient (Wildman–Crippen LogP) is 1.80. The van der Waals surface area contributed by atoms with Crippen LogP contribution in [0.25, 0.3) is 0 Å². The average molecular weight is 232 g/mol. The van der Waals surface area contributed by atoms with Crippen molar-refractivity contribution in [2.45, 2.75) is 3.79 Å². The van der Waals surface area contributed by atoms with E-state index in [0.29, 0.717) is 0 Å². The van der Waals surface area contributed by atoms with Crippen molar-refractivity contribution in [2.75, 3.05) is 0 Å². The van der Waals surface area contributed by atoms with Crippen molar-refractivity contribution in [1.82, 2.24) is 10.1 Å². The fraction of sp³-hybridized carbons (Fsp3) is 0.333. The van der Waals surface area contributed by atoms with Gasteiger partial charge in [-0.3, -0.25) is 0 Å². The number of nitrogens with zero attached hydrogens (tertiary/aromatic N) is 3. The van der Waals surface area contributed by atoms with Gasteiger partial charge in [-0.15, -0.1) is 0 Å². The highest BCUT2D eigenvalue weighted by Gasteiger charge is 2.36. The lowest BCUT2D eigenvalue weighted by atomic mass is 10.7. The van der Waals surface area contributed by atoms with E-state index in [9.17, 15) is 10.1 Å². The second-order valence-electron chi connectivity index (χ2n) is 1.65. The van der Waals surface area contributed by atoms with Gasteiger partial charge in [0.05, 0.1) is 0 Å². The molecule has 9 heteroatoms. The van der Waals surface area contributed by atoms with Crippen LogP contribution < -0.4 is 0 Å². The SMILES string of the molecule is O=[N+]([O-])c1noc(C(Cl)(Cl)Cl)n1. The van der Waals surface area contributed by atoms with E-state index in [1.54, 1.807) is 0 Å². The Balaban J connectivity index is 3.00. The Kier molecular flexibility index (Phi) is 2.41. The van der Waals surface area contributed by atoms with Crippen LogP contribution in [0.4, 0.5) is 5.95 Å². The number of halogens is 3. The number of rotatable bonds is 1. The topological polar surface area (TPSA) is 82.1 Å². The van der Waals surface area contributed by atoms with Gasteiger partial charge in [-0.1, -0.05) is 34.8 Å². The van der Waals surface area contributed by atoms with Crippen molar-refractivity contribution in [3.05, 3.63) is 16.0 Å². The second-order valence-corrected chi connectivity index (χ2v) is 3.94. The zero-order chi connectivity index (χ0) is 9.35. The van der Waals surface area contributed by atoms with Crippen LogP contribution in [0.15, 0.2) is 4.52 Å². The molecule has 0 atom stereocenters. The molecule has 0 aliphatic carbocycles. The van der Waals surface area contributed by atoms with E-state index < -0.39 is 20.6 Å². The van der Waals surface area contributed by atoms with Crippen LogP contribution in [0.1, 0.15) is 5.89 Å². The highest BCUT2D eigenvalue weighted by molar-refractivity contribution is 6.66. The summed E-state index contributed by atoms with van der Waals surface area (Å²) in [6, 6.07) is 0. The van der Waals surface area contributed by atoms with Crippen molar-refractivity contribution in [2.24, 2.45) is 0 Å². The first-order valence-corrected chi connectivity index (χ1v) is 3.60. The van der Waals surface area contributed by atoms with Gasteiger partial charge in [-0.25, -0.2) is 4.52 Å². The molecule has 1 rings (SSSR count). The Morgan fingerprint density at radius 2 is 2.08 bits per heavy atom. The lowest BCUT2D eigenvalue weighted by Crippen LogP contribution is -2.00. The van der Waals surface area contributed by atoms with Crippen LogP contribution in [-0.2, 0) is 3.79 Å². The zero-order valence-corrected chi connectivity index (χ0v) is 7.47. The molecule has 0 aliphatic heterocycles. The Hall–Kier alpha value is -0.590. The van der Waals surface area contributed by atoms with E-state index in [-0.39, 0.29) is 0 Å². The molecule has 1 aromatic rings. The van der Waals surface area contributed by atoms with Crippen molar-refractivity contribution in [3.8, 4) is 0 Å². The molecule has 0 radical (unpaired) electrons. The molecule has 0 bridgehead atoms. The molecular weight excluding hydrogens is 232 g/mol. The number of alkyl halides is 3. The first-order valence-electron chi connectivity index (χ1n) is 2.46. The minimum absolute atomic E-state index is 0.431. The first kappa shape index (κ1) is 9.50. The van der Waals surface area contributed by atoms with Crippen molar-refractivity contribution in [3.63, 3.8) is 0 Å². The molecule has 6 nitrogen and oxygen atoms in total. The zero-order valence-electron chi connectivity index (χ0n) is 5.20. The molecule has 0 aliphatic rings. The normalized spacial score (nSPS) is 11.6. The van der Waals surface area contributed by atoms with Gasteiger partial charge in [0.25, 0.3) is 3.79 Å². The monoisotopic (exact) mass is 231 g/mol. The van der Waals surface area contributed by atoms with Crippen LogP contribution in [0.5, 0.6) is 0 Å². The van der Waals surface area contributed by atoms with Crippen LogP contribution in [0.3, 0.4) is 0 Å². The van der Waals surface area contributed by atoms with Gasteiger partial charge < -0.3 is 10.1 Å². The van der Waals surface area contributed by atoms with Crippen LogP contribution in [0.2, 0.25) is 0 Å². The van der Waals surface area contributed by atoms with Gasteiger partial charge in [-0.05, 0) is 9.91 Å². The molecule has 1 aromatic heterocycles. The molecule has 12 heavy (non-hydrogen) atoms. The summed E-state index contributed by atoms with van der Waals surface area (Å²) in [5.74, 6) is -1.17. The molecular formula is C3Cl3N3O3. The fourth-order valence-corrected chi connectivity index (χ4v) is 0.635. The van der Waals surface area contributed by atoms with Gasteiger partial charge in [0.2, 0.25) is 0 Å². The Morgan fingerprint density at radius 1 is 1.50 bits per heavy atom. The highest BCUT2D eigenvalue weighted by atomic mass is 35.6. The summed E-state index contributed by atoms with van der Waals surface area (Å²) in [5, 5.41) is 13.0. The largest absolute Gasteiger partial charge is 0.510 e. The van der Waals surface area contributed by atoms with Crippen molar-refractivity contribution >= 4 is 40.8 Å². The maximum Gasteiger partial charge on any atom is 0.510 e.